The Morgan fingerprint density at radius 1 is 1.15 bits per heavy atom. The van der Waals surface area contributed by atoms with Gasteiger partial charge < -0.3 is 9.88 Å². The average molecular weight is 407 g/mol. The number of nitrogens with one attached hydrogen (secondary N) is 1. The fourth-order valence-corrected chi connectivity index (χ4v) is 3.53. The van der Waals surface area contributed by atoms with Crippen LogP contribution < -0.4 is 5.32 Å². The van der Waals surface area contributed by atoms with E-state index in [0.717, 1.165) is 16.8 Å². The van der Waals surface area contributed by atoms with Crippen LogP contribution in [0, 0.1) is 6.92 Å². The van der Waals surface area contributed by atoms with E-state index in [-0.39, 0.29) is 11.7 Å². The second kappa shape index (κ2) is 8.12. The van der Waals surface area contributed by atoms with E-state index in [1.165, 1.54) is 11.8 Å². The third-order valence-corrected chi connectivity index (χ3v) is 5.20. The van der Waals surface area contributed by atoms with Gasteiger partial charge in [0.15, 0.2) is 11.0 Å². The van der Waals surface area contributed by atoms with Crippen molar-refractivity contribution in [1.29, 1.82) is 0 Å². The van der Waals surface area contributed by atoms with Gasteiger partial charge in [-0.3, -0.25) is 4.79 Å². The Kier molecular flexibility index (Phi) is 5.86. The lowest BCUT2D eigenvalue weighted by molar-refractivity contribution is -0.113. The number of hydrogen-bond acceptors (Lipinski definition) is 4. The summed E-state index contributed by atoms with van der Waals surface area (Å²) in [5.41, 5.74) is 2.54. The first kappa shape index (κ1) is 18.8. The lowest BCUT2D eigenvalue weighted by atomic mass is 10.2. The molecule has 0 saturated carbocycles. The van der Waals surface area contributed by atoms with Gasteiger partial charge in [-0.1, -0.05) is 47.1 Å². The van der Waals surface area contributed by atoms with Crippen molar-refractivity contribution in [1.82, 2.24) is 14.8 Å². The van der Waals surface area contributed by atoms with Crippen molar-refractivity contribution < 1.29 is 4.79 Å². The molecule has 134 valence electrons. The Morgan fingerprint density at radius 2 is 1.92 bits per heavy atom. The molecule has 0 atom stereocenters. The smallest absolute Gasteiger partial charge is 0.234 e. The summed E-state index contributed by atoms with van der Waals surface area (Å²) < 4.78 is 1.84. The minimum atomic E-state index is -0.118. The zero-order valence-electron chi connectivity index (χ0n) is 14.2. The molecule has 1 aromatic heterocycles. The maximum absolute atomic E-state index is 12.2. The number of carbonyl (C=O) groups is 1. The van der Waals surface area contributed by atoms with E-state index < -0.39 is 0 Å². The topological polar surface area (TPSA) is 59.8 Å². The summed E-state index contributed by atoms with van der Waals surface area (Å²) in [6.07, 6.45) is 0. The molecule has 0 aliphatic heterocycles. The Hall–Kier alpha value is -2.02. The normalized spacial score (nSPS) is 10.8. The Balaban J connectivity index is 1.66. The molecule has 0 aliphatic carbocycles. The second-order valence-corrected chi connectivity index (χ2v) is 7.49. The third kappa shape index (κ3) is 4.38. The fraction of sp³-hybridized carbons (Fsp3) is 0.167. The number of aryl methyl sites for hydroxylation is 1. The first-order valence-corrected chi connectivity index (χ1v) is 9.52. The maximum atomic E-state index is 12.2. The van der Waals surface area contributed by atoms with Crippen molar-refractivity contribution in [3.63, 3.8) is 0 Å². The summed E-state index contributed by atoms with van der Waals surface area (Å²) in [6.45, 7) is 1.90. The molecule has 0 radical (unpaired) electrons. The minimum Gasteiger partial charge on any atom is -0.325 e. The summed E-state index contributed by atoms with van der Waals surface area (Å²) in [5.74, 6) is 0.806. The number of hydrogen-bond donors (Lipinski definition) is 1. The molecule has 0 saturated heterocycles. The van der Waals surface area contributed by atoms with Crippen LogP contribution in [0.1, 0.15) is 5.56 Å². The third-order valence-electron chi connectivity index (χ3n) is 3.71. The van der Waals surface area contributed by atoms with Crippen LogP contribution in [0.3, 0.4) is 0 Å². The van der Waals surface area contributed by atoms with Crippen LogP contribution >= 0.6 is 35.0 Å². The summed E-state index contributed by atoms with van der Waals surface area (Å²) in [4.78, 5) is 12.2. The molecule has 1 N–H and O–H groups in total. The zero-order valence-corrected chi connectivity index (χ0v) is 16.5. The second-order valence-electron chi connectivity index (χ2n) is 5.67. The standard InChI is InChI=1S/C18H16Cl2N4OS/c1-11-8-14(20)6-7-15(11)21-16(25)10-26-18-23-22-17(24(18)2)12-4-3-5-13(19)9-12/h3-9H,10H2,1-2H3,(H,21,25). The first-order valence-electron chi connectivity index (χ1n) is 7.78. The van der Waals surface area contributed by atoms with Crippen LogP contribution in [0.25, 0.3) is 11.4 Å². The van der Waals surface area contributed by atoms with Crippen molar-refractivity contribution in [3.05, 3.63) is 58.1 Å². The molecule has 8 heteroatoms. The van der Waals surface area contributed by atoms with Crippen LogP contribution in [0.15, 0.2) is 47.6 Å². The van der Waals surface area contributed by atoms with Gasteiger partial charge in [-0.2, -0.15) is 0 Å². The highest BCUT2D eigenvalue weighted by Crippen LogP contribution is 2.25. The molecule has 1 amide bonds. The number of carbonyl (C=O) groups excluding carboxylic acids is 1. The van der Waals surface area contributed by atoms with E-state index >= 15 is 0 Å². The number of rotatable bonds is 5. The van der Waals surface area contributed by atoms with Gasteiger partial charge in [0, 0.05) is 28.3 Å². The quantitative estimate of drug-likeness (QED) is 0.616. The predicted molar refractivity (Wildman–Crippen MR) is 107 cm³/mol. The Bertz CT molecular complexity index is 958. The van der Waals surface area contributed by atoms with Crippen molar-refractivity contribution in [2.45, 2.75) is 12.1 Å². The van der Waals surface area contributed by atoms with Crippen molar-refractivity contribution in [3.8, 4) is 11.4 Å². The zero-order chi connectivity index (χ0) is 18.7. The van der Waals surface area contributed by atoms with Gasteiger partial charge in [-0.25, -0.2) is 0 Å². The monoisotopic (exact) mass is 406 g/mol. The van der Waals surface area contributed by atoms with Crippen molar-refractivity contribution in [2.24, 2.45) is 7.05 Å². The number of amides is 1. The highest BCUT2D eigenvalue weighted by atomic mass is 35.5. The number of benzene rings is 2. The summed E-state index contributed by atoms with van der Waals surface area (Å²) in [7, 11) is 1.86. The number of anilines is 1. The van der Waals surface area contributed by atoms with Crippen LogP contribution in [0.4, 0.5) is 5.69 Å². The first-order chi connectivity index (χ1) is 12.4. The number of halogens is 2. The molecule has 0 bridgehead atoms. The van der Waals surface area contributed by atoms with E-state index in [4.69, 9.17) is 23.2 Å². The molecule has 2 aromatic carbocycles. The van der Waals surface area contributed by atoms with E-state index in [0.29, 0.717) is 21.0 Å². The van der Waals surface area contributed by atoms with Crippen LogP contribution in [-0.4, -0.2) is 26.4 Å². The van der Waals surface area contributed by atoms with Crippen LogP contribution in [0.5, 0.6) is 0 Å². The molecule has 0 aliphatic rings. The Labute approximate surface area is 165 Å². The number of thioether (sulfide) groups is 1. The van der Waals surface area contributed by atoms with Crippen molar-refractivity contribution in [2.75, 3.05) is 11.1 Å². The lowest BCUT2D eigenvalue weighted by Crippen LogP contribution is -2.15. The lowest BCUT2D eigenvalue weighted by Gasteiger charge is -2.08. The van der Waals surface area contributed by atoms with E-state index in [1.807, 2.05) is 42.8 Å². The molecule has 0 unspecified atom stereocenters. The van der Waals surface area contributed by atoms with Gasteiger partial charge in [0.25, 0.3) is 0 Å². The molecular weight excluding hydrogens is 391 g/mol. The molecular formula is C18H16Cl2N4OS. The molecule has 3 rings (SSSR count). The molecule has 3 aromatic rings. The maximum Gasteiger partial charge on any atom is 0.234 e. The summed E-state index contributed by atoms with van der Waals surface area (Å²) in [6, 6.07) is 12.8. The van der Waals surface area contributed by atoms with Gasteiger partial charge >= 0.3 is 0 Å². The van der Waals surface area contributed by atoms with Gasteiger partial charge in [-0.05, 0) is 42.8 Å². The molecule has 1 heterocycles. The van der Waals surface area contributed by atoms with Gasteiger partial charge in [-0.15, -0.1) is 10.2 Å². The number of nitrogens with zero attached hydrogens (tertiary/aromatic N) is 3. The number of aromatic nitrogens is 3. The molecule has 5 nitrogen and oxygen atoms in total. The van der Waals surface area contributed by atoms with Crippen LogP contribution in [0.2, 0.25) is 10.0 Å². The van der Waals surface area contributed by atoms with E-state index in [9.17, 15) is 4.79 Å². The molecule has 0 fully saturated rings. The minimum absolute atomic E-state index is 0.118. The largest absolute Gasteiger partial charge is 0.325 e. The molecule has 0 spiro atoms. The average Bonchev–Trinajstić information content (AvgIpc) is 2.96. The highest BCUT2D eigenvalue weighted by molar-refractivity contribution is 7.99. The fourth-order valence-electron chi connectivity index (χ4n) is 2.40. The van der Waals surface area contributed by atoms with Gasteiger partial charge in [0.1, 0.15) is 0 Å². The van der Waals surface area contributed by atoms with Crippen LogP contribution in [-0.2, 0) is 11.8 Å². The van der Waals surface area contributed by atoms with Gasteiger partial charge in [0.05, 0.1) is 5.75 Å². The summed E-state index contributed by atoms with van der Waals surface area (Å²) in [5, 5.41) is 13.2. The van der Waals surface area contributed by atoms with E-state index in [1.54, 1.807) is 18.2 Å². The SMILES string of the molecule is Cc1cc(Cl)ccc1NC(=O)CSc1nnc(-c2cccc(Cl)c2)n1C. The Morgan fingerprint density at radius 3 is 2.65 bits per heavy atom. The van der Waals surface area contributed by atoms with Crippen molar-refractivity contribution >= 4 is 46.6 Å². The van der Waals surface area contributed by atoms with Gasteiger partial charge in [0.2, 0.25) is 5.91 Å². The summed E-state index contributed by atoms with van der Waals surface area (Å²) >= 11 is 13.3. The highest BCUT2D eigenvalue weighted by Gasteiger charge is 2.13. The molecule has 26 heavy (non-hydrogen) atoms. The predicted octanol–water partition coefficient (Wildman–Crippen LogP) is 4.83. The van der Waals surface area contributed by atoms with E-state index in [2.05, 4.69) is 15.5 Å².